The van der Waals surface area contributed by atoms with Gasteiger partial charge in [0.25, 0.3) is 0 Å². The zero-order valence-corrected chi connectivity index (χ0v) is 15.5. The lowest BCUT2D eigenvalue weighted by molar-refractivity contribution is 0.397. The number of nitrogens with two attached hydrogens (primary N) is 1. The van der Waals surface area contributed by atoms with E-state index in [0.29, 0.717) is 12.4 Å². The van der Waals surface area contributed by atoms with Gasteiger partial charge >= 0.3 is 0 Å². The fourth-order valence-corrected chi connectivity index (χ4v) is 3.50. The first kappa shape index (κ1) is 17.3. The summed E-state index contributed by atoms with van der Waals surface area (Å²) in [6.45, 7) is 2.31. The summed E-state index contributed by atoms with van der Waals surface area (Å²) in [5, 5.41) is 13.1. The van der Waals surface area contributed by atoms with Gasteiger partial charge in [-0.2, -0.15) is 15.1 Å². The van der Waals surface area contributed by atoms with E-state index in [-0.39, 0.29) is 11.9 Å². The topological polar surface area (TPSA) is 113 Å². The highest BCUT2D eigenvalue weighted by molar-refractivity contribution is 5.46. The quantitative estimate of drug-likeness (QED) is 0.703. The van der Waals surface area contributed by atoms with E-state index in [0.717, 1.165) is 43.4 Å². The van der Waals surface area contributed by atoms with Gasteiger partial charge < -0.3 is 19.9 Å². The molecule has 1 saturated heterocycles. The van der Waals surface area contributed by atoms with Crippen molar-refractivity contribution in [1.29, 1.82) is 0 Å². The fraction of sp³-hybridized carbons (Fsp3) is 0.471. The summed E-state index contributed by atoms with van der Waals surface area (Å²) in [6.07, 6.45) is 5.78. The molecule has 2 N–H and O–H groups in total. The summed E-state index contributed by atoms with van der Waals surface area (Å²) in [7, 11) is 3.59. The van der Waals surface area contributed by atoms with E-state index in [1.54, 1.807) is 13.3 Å². The largest absolute Gasteiger partial charge is 0.481 e. The van der Waals surface area contributed by atoms with Crippen molar-refractivity contribution in [2.75, 3.05) is 30.8 Å². The Morgan fingerprint density at radius 1 is 1.30 bits per heavy atom. The van der Waals surface area contributed by atoms with E-state index < -0.39 is 0 Å². The Hall–Kier alpha value is -3.17. The summed E-state index contributed by atoms with van der Waals surface area (Å²) in [4.78, 5) is 10.6. The third-order valence-electron chi connectivity index (χ3n) is 4.89. The fourth-order valence-electron chi connectivity index (χ4n) is 3.50. The van der Waals surface area contributed by atoms with Crippen LogP contribution in [-0.4, -0.2) is 54.7 Å². The molecule has 142 valence electrons. The van der Waals surface area contributed by atoms with E-state index in [2.05, 4.69) is 34.7 Å². The number of ether oxygens (including phenoxy) is 1. The highest BCUT2D eigenvalue weighted by Crippen LogP contribution is 2.29. The summed E-state index contributed by atoms with van der Waals surface area (Å²) < 4.78 is 9.14. The lowest BCUT2D eigenvalue weighted by Crippen LogP contribution is -2.36. The molecule has 10 nitrogen and oxygen atoms in total. The third kappa shape index (κ3) is 3.55. The van der Waals surface area contributed by atoms with Crippen molar-refractivity contribution >= 4 is 11.8 Å². The smallest absolute Gasteiger partial charge is 0.225 e. The maximum absolute atomic E-state index is 5.82. The minimum atomic E-state index is 0.214. The molecule has 1 fully saturated rings. The molecule has 0 bridgehead atoms. The molecule has 1 unspecified atom stereocenters. The molecule has 4 heterocycles. The molecule has 3 aromatic heterocycles. The van der Waals surface area contributed by atoms with Gasteiger partial charge in [0.2, 0.25) is 11.8 Å². The van der Waals surface area contributed by atoms with Gasteiger partial charge in [-0.15, -0.1) is 10.2 Å². The van der Waals surface area contributed by atoms with Gasteiger partial charge in [0, 0.05) is 44.5 Å². The molecule has 4 rings (SSSR count). The standard InChI is InChI=1S/C17H23N9O/c1-24-14(11-26-8-4-6-19-26)22-23-16(24)12-5-3-7-25(10-12)13-9-15(27-2)21-17(18)20-13/h4,6,8-9,12H,3,5,7,10-11H2,1-2H3,(H2,18,20,21). The molecule has 0 spiro atoms. The Bertz CT molecular complexity index is 905. The van der Waals surface area contributed by atoms with Crippen LogP contribution in [0, 0.1) is 0 Å². The van der Waals surface area contributed by atoms with Crippen molar-refractivity contribution in [2.45, 2.75) is 25.3 Å². The van der Waals surface area contributed by atoms with Crippen LogP contribution in [-0.2, 0) is 13.6 Å². The Balaban J connectivity index is 1.53. The van der Waals surface area contributed by atoms with Crippen molar-refractivity contribution in [3.05, 3.63) is 36.2 Å². The van der Waals surface area contributed by atoms with Crippen LogP contribution in [0.5, 0.6) is 5.88 Å². The van der Waals surface area contributed by atoms with Gasteiger partial charge in [0.15, 0.2) is 5.82 Å². The zero-order chi connectivity index (χ0) is 18.8. The number of piperidine rings is 1. The SMILES string of the molecule is COc1cc(N2CCCC(c3nnc(Cn4cccn4)n3C)C2)nc(N)n1. The van der Waals surface area contributed by atoms with Gasteiger partial charge in [-0.3, -0.25) is 4.68 Å². The van der Waals surface area contributed by atoms with E-state index in [9.17, 15) is 0 Å². The molecular weight excluding hydrogens is 346 g/mol. The average molecular weight is 369 g/mol. The first-order chi connectivity index (χ1) is 13.1. The molecule has 27 heavy (non-hydrogen) atoms. The maximum atomic E-state index is 5.82. The number of rotatable bonds is 5. The number of anilines is 2. The van der Waals surface area contributed by atoms with Crippen LogP contribution in [0.3, 0.4) is 0 Å². The second-order valence-electron chi connectivity index (χ2n) is 6.65. The number of methoxy groups -OCH3 is 1. The van der Waals surface area contributed by atoms with Gasteiger partial charge in [0.05, 0.1) is 7.11 Å². The number of nitrogens with zero attached hydrogens (tertiary/aromatic N) is 8. The number of hydrogen-bond donors (Lipinski definition) is 1. The average Bonchev–Trinajstić information content (AvgIpc) is 3.32. The molecule has 0 radical (unpaired) electrons. The maximum Gasteiger partial charge on any atom is 0.225 e. The molecule has 3 aromatic rings. The van der Waals surface area contributed by atoms with Crippen molar-refractivity contribution in [3.63, 3.8) is 0 Å². The van der Waals surface area contributed by atoms with Gasteiger partial charge in [-0.05, 0) is 18.9 Å². The number of hydrogen-bond acceptors (Lipinski definition) is 8. The van der Waals surface area contributed by atoms with E-state index in [4.69, 9.17) is 10.5 Å². The first-order valence-corrected chi connectivity index (χ1v) is 8.93. The summed E-state index contributed by atoms with van der Waals surface area (Å²) in [5.41, 5.74) is 5.82. The first-order valence-electron chi connectivity index (χ1n) is 8.93. The van der Waals surface area contributed by atoms with E-state index >= 15 is 0 Å². The lowest BCUT2D eigenvalue weighted by atomic mass is 9.97. The van der Waals surface area contributed by atoms with Gasteiger partial charge in [-0.1, -0.05) is 0 Å². The minimum absolute atomic E-state index is 0.214. The van der Waals surface area contributed by atoms with Gasteiger partial charge in [-0.25, -0.2) is 0 Å². The Labute approximate surface area is 157 Å². The van der Waals surface area contributed by atoms with Crippen LogP contribution < -0.4 is 15.4 Å². The Morgan fingerprint density at radius 2 is 2.19 bits per heavy atom. The molecule has 0 aliphatic carbocycles. The Kier molecular flexibility index (Phi) is 4.61. The highest BCUT2D eigenvalue weighted by Gasteiger charge is 2.27. The Morgan fingerprint density at radius 3 is 2.96 bits per heavy atom. The number of aromatic nitrogens is 7. The van der Waals surface area contributed by atoms with Crippen LogP contribution in [0.2, 0.25) is 0 Å². The lowest BCUT2D eigenvalue weighted by Gasteiger charge is -2.33. The molecule has 0 saturated carbocycles. The summed E-state index contributed by atoms with van der Waals surface area (Å²) >= 11 is 0. The molecule has 1 atom stereocenters. The van der Waals surface area contributed by atoms with Gasteiger partial charge in [0.1, 0.15) is 18.2 Å². The highest BCUT2D eigenvalue weighted by atomic mass is 16.5. The van der Waals surface area contributed by atoms with E-state index in [1.165, 1.54) is 0 Å². The van der Waals surface area contributed by atoms with E-state index in [1.807, 2.05) is 30.1 Å². The van der Waals surface area contributed by atoms with Crippen LogP contribution >= 0.6 is 0 Å². The molecule has 10 heteroatoms. The van der Waals surface area contributed by atoms with Crippen LogP contribution in [0.1, 0.15) is 30.4 Å². The van der Waals surface area contributed by atoms with Crippen LogP contribution in [0.15, 0.2) is 24.5 Å². The summed E-state index contributed by atoms with van der Waals surface area (Å²) in [5.74, 6) is 3.61. The van der Waals surface area contributed by atoms with Crippen molar-refractivity contribution in [1.82, 2.24) is 34.5 Å². The second-order valence-corrected chi connectivity index (χ2v) is 6.65. The predicted molar refractivity (Wildman–Crippen MR) is 99.5 cm³/mol. The summed E-state index contributed by atoms with van der Waals surface area (Å²) in [6, 6.07) is 3.72. The minimum Gasteiger partial charge on any atom is -0.481 e. The predicted octanol–water partition coefficient (Wildman–Crippen LogP) is 0.825. The molecule has 1 aliphatic heterocycles. The van der Waals surface area contributed by atoms with Crippen molar-refractivity contribution in [3.8, 4) is 5.88 Å². The zero-order valence-electron chi connectivity index (χ0n) is 15.5. The van der Waals surface area contributed by atoms with Crippen LogP contribution in [0.25, 0.3) is 0 Å². The van der Waals surface area contributed by atoms with Crippen LogP contribution in [0.4, 0.5) is 11.8 Å². The second kappa shape index (κ2) is 7.22. The molecule has 1 aliphatic rings. The molecule has 0 aromatic carbocycles. The van der Waals surface area contributed by atoms with Crippen molar-refractivity contribution in [2.24, 2.45) is 7.05 Å². The third-order valence-corrected chi connectivity index (χ3v) is 4.89. The molecular formula is C17H23N9O. The molecule has 0 amide bonds. The normalized spacial score (nSPS) is 17.3. The van der Waals surface area contributed by atoms with Crippen molar-refractivity contribution < 1.29 is 4.74 Å². The monoisotopic (exact) mass is 369 g/mol. The number of nitrogen functional groups attached to an aromatic ring is 1.